The molecule has 0 unspecified atom stereocenters. The summed E-state index contributed by atoms with van der Waals surface area (Å²) in [6, 6.07) is -2.15. The number of nitrogens with one attached hydrogen (secondary N) is 2. The molecule has 2 atom stereocenters. The smallest absolute Gasteiger partial charge is 0.322 e. The molecule has 0 aliphatic rings. The SMILES string of the molecule is N[C@@H](CCC(=O)N[C@@H](CS)C(=O)NCC(=O)O)C(=O)O.[As]. The van der Waals surface area contributed by atoms with Crippen LogP contribution in [0.3, 0.4) is 0 Å². The van der Waals surface area contributed by atoms with Gasteiger partial charge in [0.1, 0.15) is 18.6 Å². The van der Waals surface area contributed by atoms with Gasteiger partial charge in [-0.05, 0) is 6.42 Å². The molecule has 21 heavy (non-hydrogen) atoms. The fourth-order valence-corrected chi connectivity index (χ4v) is 1.41. The minimum Gasteiger partial charge on any atom is -0.480 e. The molecule has 3 radical (unpaired) electrons. The molecule has 0 aromatic carbocycles. The van der Waals surface area contributed by atoms with Crippen molar-refractivity contribution in [3.63, 3.8) is 0 Å². The van der Waals surface area contributed by atoms with Gasteiger partial charge in [-0.25, -0.2) is 0 Å². The molecule has 9 nitrogen and oxygen atoms in total. The van der Waals surface area contributed by atoms with Crippen LogP contribution < -0.4 is 16.4 Å². The second-order valence-electron chi connectivity index (χ2n) is 3.90. The zero-order valence-electron chi connectivity index (χ0n) is 11.0. The number of carbonyl (C=O) groups is 4. The summed E-state index contributed by atoms with van der Waals surface area (Å²) in [4.78, 5) is 43.7. The van der Waals surface area contributed by atoms with Crippen LogP contribution in [0.1, 0.15) is 12.8 Å². The Morgan fingerprint density at radius 1 is 1.19 bits per heavy atom. The van der Waals surface area contributed by atoms with E-state index in [0.717, 1.165) is 0 Å². The first-order valence-corrected chi connectivity index (χ1v) is 6.29. The van der Waals surface area contributed by atoms with Gasteiger partial charge in [0.05, 0.1) is 0 Å². The van der Waals surface area contributed by atoms with Gasteiger partial charge in [-0.1, -0.05) is 0 Å². The molecule has 0 saturated heterocycles. The van der Waals surface area contributed by atoms with E-state index >= 15 is 0 Å². The van der Waals surface area contributed by atoms with Gasteiger partial charge in [-0.15, -0.1) is 0 Å². The van der Waals surface area contributed by atoms with Crippen molar-refractivity contribution < 1.29 is 29.4 Å². The van der Waals surface area contributed by atoms with Crippen molar-refractivity contribution in [3.05, 3.63) is 0 Å². The normalized spacial score (nSPS) is 12.5. The van der Waals surface area contributed by atoms with E-state index in [1.165, 1.54) is 0 Å². The third-order valence-electron chi connectivity index (χ3n) is 2.25. The Kier molecular flexibility index (Phi) is 12.0. The Balaban J connectivity index is 0. The van der Waals surface area contributed by atoms with Gasteiger partial charge in [0.25, 0.3) is 0 Å². The van der Waals surface area contributed by atoms with Crippen LogP contribution in [0.5, 0.6) is 0 Å². The molecule has 0 heterocycles. The monoisotopic (exact) mass is 382 g/mol. The van der Waals surface area contributed by atoms with Gasteiger partial charge in [0.2, 0.25) is 11.8 Å². The first kappa shape index (κ1) is 22.0. The van der Waals surface area contributed by atoms with E-state index in [-0.39, 0.29) is 36.5 Å². The zero-order chi connectivity index (χ0) is 15.7. The van der Waals surface area contributed by atoms with Crippen LogP contribution in [-0.4, -0.2) is 76.3 Å². The van der Waals surface area contributed by atoms with Crippen molar-refractivity contribution in [2.45, 2.75) is 24.9 Å². The van der Waals surface area contributed by atoms with Crippen molar-refractivity contribution >= 4 is 54.3 Å². The number of hydrogen-bond acceptors (Lipinski definition) is 6. The van der Waals surface area contributed by atoms with Crippen LogP contribution in [0.2, 0.25) is 0 Å². The molecule has 0 fully saturated rings. The fourth-order valence-electron chi connectivity index (χ4n) is 1.16. The van der Waals surface area contributed by atoms with Gasteiger partial charge in [0, 0.05) is 30.1 Å². The van der Waals surface area contributed by atoms with Crippen molar-refractivity contribution in [2.24, 2.45) is 5.73 Å². The number of carbonyl (C=O) groups excluding carboxylic acids is 2. The molecule has 0 aliphatic carbocycles. The van der Waals surface area contributed by atoms with E-state index < -0.39 is 42.4 Å². The quantitative estimate of drug-likeness (QED) is 0.189. The number of aliphatic carboxylic acids is 2. The van der Waals surface area contributed by atoms with Crippen LogP contribution in [0.25, 0.3) is 0 Å². The van der Waals surface area contributed by atoms with E-state index in [1.807, 2.05) is 0 Å². The molecule has 0 aromatic heterocycles. The Hall–Kier alpha value is -1.25. The van der Waals surface area contributed by atoms with E-state index in [1.54, 1.807) is 0 Å². The summed E-state index contributed by atoms with van der Waals surface area (Å²) in [7, 11) is 0. The Morgan fingerprint density at radius 3 is 2.19 bits per heavy atom. The number of nitrogens with two attached hydrogens (primary N) is 1. The van der Waals surface area contributed by atoms with Crippen LogP contribution >= 0.6 is 12.6 Å². The van der Waals surface area contributed by atoms with E-state index in [0.29, 0.717) is 0 Å². The molecule has 0 saturated carbocycles. The van der Waals surface area contributed by atoms with Gasteiger partial charge >= 0.3 is 11.9 Å². The predicted molar refractivity (Wildman–Crippen MR) is 77.0 cm³/mol. The Morgan fingerprint density at radius 2 is 1.76 bits per heavy atom. The summed E-state index contributed by atoms with van der Waals surface area (Å²) in [6.07, 6.45) is -0.235. The van der Waals surface area contributed by atoms with Crippen molar-refractivity contribution in [1.82, 2.24) is 10.6 Å². The van der Waals surface area contributed by atoms with Crippen molar-refractivity contribution in [3.8, 4) is 0 Å². The van der Waals surface area contributed by atoms with E-state index in [9.17, 15) is 19.2 Å². The number of rotatable bonds is 9. The molecule has 2 amide bonds. The Labute approximate surface area is 137 Å². The van der Waals surface area contributed by atoms with Crippen molar-refractivity contribution in [1.29, 1.82) is 0 Å². The summed E-state index contributed by atoms with van der Waals surface area (Å²) in [6.45, 7) is -0.567. The summed E-state index contributed by atoms with van der Waals surface area (Å²) in [5.74, 6) is -3.70. The fraction of sp³-hybridized carbons (Fsp3) is 0.600. The minimum absolute atomic E-state index is 0. The van der Waals surface area contributed by atoms with Gasteiger partial charge in [-0.3, -0.25) is 19.2 Å². The third kappa shape index (κ3) is 10.2. The molecule has 0 aromatic rings. The molecular weight excluding hydrogens is 365 g/mol. The summed E-state index contributed by atoms with van der Waals surface area (Å²) >= 11 is 3.87. The van der Waals surface area contributed by atoms with Gasteiger partial charge in [-0.2, -0.15) is 12.6 Å². The van der Waals surface area contributed by atoms with Gasteiger partial charge < -0.3 is 26.6 Å². The van der Waals surface area contributed by atoms with Crippen LogP contribution in [0.4, 0.5) is 0 Å². The average Bonchev–Trinajstić information content (AvgIpc) is 2.38. The predicted octanol–water partition coefficient (Wildman–Crippen LogP) is -2.59. The molecule has 0 aliphatic heterocycles. The minimum atomic E-state index is -1.22. The number of carboxylic acid groups (broad SMARTS) is 2. The second kappa shape index (κ2) is 11.4. The molecule has 119 valence electrons. The summed E-state index contributed by atoms with van der Waals surface area (Å²) < 4.78 is 0. The van der Waals surface area contributed by atoms with Gasteiger partial charge in [0.15, 0.2) is 0 Å². The maximum atomic E-state index is 11.5. The zero-order valence-corrected chi connectivity index (χ0v) is 13.8. The van der Waals surface area contributed by atoms with Crippen LogP contribution in [0, 0.1) is 0 Å². The number of thiol groups is 1. The third-order valence-corrected chi connectivity index (χ3v) is 2.61. The molecule has 11 heteroatoms. The maximum Gasteiger partial charge on any atom is 0.322 e. The van der Waals surface area contributed by atoms with Crippen molar-refractivity contribution in [2.75, 3.05) is 12.3 Å². The largest absolute Gasteiger partial charge is 0.480 e. The average molecular weight is 382 g/mol. The number of hydrogen-bond donors (Lipinski definition) is 6. The number of carboxylic acids is 2. The summed E-state index contributed by atoms with van der Waals surface area (Å²) in [5, 5.41) is 21.4. The maximum absolute atomic E-state index is 11.5. The first-order valence-electron chi connectivity index (χ1n) is 5.66. The molecule has 0 bridgehead atoms. The number of amides is 2. The van der Waals surface area contributed by atoms with E-state index in [2.05, 4.69) is 23.3 Å². The summed E-state index contributed by atoms with van der Waals surface area (Å²) in [5.41, 5.74) is 5.23. The molecule has 0 spiro atoms. The topological polar surface area (TPSA) is 159 Å². The standard InChI is InChI=1S/C10H17N3O6S.As/c11-5(10(18)19)1-2-7(14)13-6(4-20)9(17)12-3-8(15)16;/h5-6,20H,1-4,11H2,(H,12,17)(H,13,14)(H,15,16)(H,18,19);/t5-,6-;/m0./s1. The molecular formula is C10H17AsN3O6S. The Bertz CT molecular complexity index is 395. The molecule has 6 N–H and O–H groups in total. The first-order chi connectivity index (χ1) is 9.27. The van der Waals surface area contributed by atoms with Crippen LogP contribution in [0.15, 0.2) is 0 Å². The second-order valence-corrected chi connectivity index (χ2v) is 4.26. The van der Waals surface area contributed by atoms with E-state index in [4.69, 9.17) is 15.9 Å². The molecule has 0 rings (SSSR count). The van der Waals surface area contributed by atoms with Crippen LogP contribution in [-0.2, 0) is 19.2 Å².